The summed E-state index contributed by atoms with van der Waals surface area (Å²) in [7, 11) is 0. The zero-order valence-corrected chi connectivity index (χ0v) is 10.3. The number of hydrogen-bond donors (Lipinski definition) is 1. The van der Waals surface area contributed by atoms with Gasteiger partial charge in [0, 0.05) is 44.9 Å². The highest BCUT2D eigenvalue weighted by molar-refractivity contribution is 4.88. The molecule has 2 saturated heterocycles. The van der Waals surface area contributed by atoms with E-state index in [-0.39, 0.29) is 12.1 Å². The first-order valence-corrected chi connectivity index (χ1v) is 6.32. The molecule has 0 bridgehead atoms. The van der Waals surface area contributed by atoms with Crippen LogP contribution in [-0.2, 0) is 4.74 Å². The van der Waals surface area contributed by atoms with Crippen molar-refractivity contribution in [1.29, 1.82) is 0 Å². The van der Waals surface area contributed by atoms with Gasteiger partial charge in [-0.25, -0.2) is 0 Å². The molecule has 0 saturated carbocycles. The van der Waals surface area contributed by atoms with Gasteiger partial charge in [-0.3, -0.25) is 9.80 Å². The van der Waals surface area contributed by atoms with Gasteiger partial charge in [0.2, 0.25) is 0 Å². The first-order chi connectivity index (χ1) is 8.46. The van der Waals surface area contributed by atoms with Crippen LogP contribution in [0.15, 0.2) is 0 Å². The van der Waals surface area contributed by atoms with E-state index in [4.69, 9.17) is 10.5 Å². The molecule has 2 aliphatic heterocycles. The van der Waals surface area contributed by atoms with Crippen molar-refractivity contribution < 1.29 is 17.9 Å². The highest BCUT2D eigenvalue weighted by atomic mass is 19.4. The Hall–Kier alpha value is -0.370. The zero-order valence-electron chi connectivity index (χ0n) is 10.3. The summed E-state index contributed by atoms with van der Waals surface area (Å²) in [5, 5.41) is 0. The summed E-state index contributed by atoms with van der Waals surface area (Å²) in [5.41, 5.74) is 6.03. The van der Waals surface area contributed by atoms with Crippen molar-refractivity contribution in [2.75, 3.05) is 45.9 Å². The van der Waals surface area contributed by atoms with Gasteiger partial charge in [0.15, 0.2) is 0 Å². The maximum atomic E-state index is 12.3. The van der Waals surface area contributed by atoms with Gasteiger partial charge >= 0.3 is 6.18 Å². The van der Waals surface area contributed by atoms with E-state index in [1.807, 2.05) is 0 Å². The van der Waals surface area contributed by atoms with Crippen LogP contribution in [-0.4, -0.2) is 74.0 Å². The molecule has 7 heteroatoms. The van der Waals surface area contributed by atoms with Crippen LogP contribution in [0.2, 0.25) is 0 Å². The van der Waals surface area contributed by atoms with Crippen LogP contribution in [0.5, 0.6) is 0 Å². The second kappa shape index (κ2) is 5.73. The molecule has 2 unspecified atom stereocenters. The molecule has 0 aromatic heterocycles. The molecule has 4 nitrogen and oxygen atoms in total. The molecule has 2 heterocycles. The molecule has 0 aromatic carbocycles. The van der Waals surface area contributed by atoms with Crippen molar-refractivity contribution in [3.63, 3.8) is 0 Å². The SMILES string of the molecule is NC1CCOCC1N1CCN(CC(F)(F)F)CC1. The lowest BCUT2D eigenvalue weighted by Crippen LogP contribution is -2.59. The minimum atomic E-state index is -4.10. The van der Waals surface area contributed by atoms with Crippen LogP contribution in [0.25, 0.3) is 0 Å². The van der Waals surface area contributed by atoms with Gasteiger partial charge in [0.1, 0.15) is 0 Å². The lowest BCUT2D eigenvalue weighted by Gasteiger charge is -2.43. The summed E-state index contributed by atoms with van der Waals surface area (Å²) in [6.45, 7) is 2.64. The van der Waals surface area contributed by atoms with E-state index in [0.717, 1.165) is 6.42 Å². The van der Waals surface area contributed by atoms with Crippen LogP contribution in [0.4, 0.5) is 13.2 Å². The van der Waals surface area contributed by atoms with Gasteiger partial charge in [-0.05, 0) is 6.42 Å². The molecular weight excluding hydrogens is 247 g/mol. The van der Waals surface area contributed by atoms with Crippen molar-refractivity contribution >= 4 is 0 Å². The van der Waals surface area contributed by atoms with E-state index in [1.54, 1.807) is 0 Å². The third kappa shape index (κ3) is 3.81. The molecule has 2 rings (SSSR count). The van der Waals surface area contributed by atoms with E-state index in [1.165, 1.54) is 4.90 Å². The van der Waals surface area contributed by atoms with Crippen LogP contribution >= 0.6 is 0 Å². The molecule has 0 spiro atoms. The summed E-state index contributed by atoms with van der Waals surface area (Å²) >= 11 is 0. The first-order valence-electron chi connectivity index (χ1n) is 6.32. The van der Waals surface area contributed by atoms with Crippen molar-refractivity contribution in [3.05, 3.63) is 0 Å². The first kappa shape index (κ1) is 14.0. The smallest absolute Gasteiger partial charge is 0.380 e. The predicted octanol–water partition coefficient (Wildman–Crippen LogP) is 0.282. The molecule has 0 aliphatic carbocycles. The monoisotopic (exact) mass is 267 g/mol. The Balaban J connectivity index is 1.79. The normalized spacial score (nSPS) is 32.7. The zero-order chi connectivity index (χ0) is 13.2. The number of nitrogens with zero attached hydrogens (tertiary/aromatic N) is 2. The molecule has 106 valence electrons. The van der Waals surface area contributed by atoms with Gasteiger partial charge in [-0.15, -0.1) is 0 Å². The Kier molecular flexibility index (Phi) is 4.47. The van der Waals surface area contributed by atoms with Gasteiger partial charge in [0.25, 0.3) is 0 Å². The fourth-order valence-electron chi connectivity index (χ4n) is 2.62. The van der Waals surface area contributed by atoms with Gasteiger partial charge in [0.05, 0.1) is 13.2 Å². The fraction of sp³-hybridized carbons (Fsp3) is 1.00. The van der Waals surface area contributed by atoms with E-state index < -0.39 is 12.7 Å². The molecule has 2 atom stereocenters. The summed E-state index contributed by atoms with van der Waals surface area (Å²) in [5.74, 6) is 0. The fourth-order valence-corrected chi connectivity index (χ4v) is 2.62. The summed E-state index contributed by atoms with van der Waals surface area (Å²) < 4.78 is 42.2. The van der Waals surface area contributed by atoms with Crippen molar-refractivity contribution in [1.82, 2.24) is 9.80 Å². The third-order valence-electron chi connectivity index (χ3n) is 3.66. The van der Waals surface area contributed by atoms with Gasteiger partial charge < -0.3 is 10.5 Å². The minimum Gasteiger partial charge on any atom is -0.380 e. The average Bonchev–Trinajstić information content (AvgIpc) is 2.29. The topological polar surface area (TPSA) is 41.7 Å². The molecule has 2 aliphatic rings. The van der Waals surface area contributed by atoms with Crippen molar-refractivity contribution in [2.24, 2.45) is 5.73 Å². The lowest BCUT2D eigenvalue weighted by atomic mass is 10.0. The molecular formula is C11H20F3N3O. The van der Waals surface area contributed by atoms with Crippen LogP contribution in [0.3, 0.4) is 0 Å². The molecule has 0 aromatic rings. The van der Waals surface area contributed by atoms with E-state index in [0.29, 0.717) is 39.4 Å². The average molecular weight is 267 g/mol. The molecule has 2 fully saturated rings. The number of piperazine rings is 1. The Morgan fingerprint density at radius 3 is 2.39 bits per heavy atom. The number of hydrogen-bond acceptors (Lipinski definition) is 4. The van der Waals surface area contributed by atoms with Crippen LogP contribution in [0.1, 0.15) is 6.42 Å². The Morgan fingerprint density at radius 1 is 1.17 bits per heavy atom. The minimum absolute atomic E-state index is 0.0768. The third-order valence-corrected chi connectivity index (χ3v) is 3.66. The summed E-state index contributed by atoms with van der Waals surface area (Å²) in [6.07, 6.45) is -3.28. The second-order valence-electron chi connectivity index (χ2n) is 5.02. The van der Waals surface area contributed by atoms with Gasteiger partial charge in [-0.2, -0.15) is 13.2 Å². The number of ether oxygens (including phenoxy) is 1. The Morgan fingerprint density at radius 2 is 1.83 bits per heavy atom. The van der Waals surface area contributed by atoms with Gasteiger partial charge in [-0.1, -0.05) is 0 Å². The highest BCUT2D eigenvalue weighted by Gasteiger charge is 2.35. The highest BCUT2D eigenvalue weighted by Crippen LogP contribution is 2.19. The van der Waals surface area contributed by atoms with E-state index in [9.17, 15) is 13.2 Å². The van der Waals surface area contributed by atoms with E-state index >= 15 is 0 Å². The standard InChI is InChI=1S/C11H20F3N3O/c12-11(13,14)8-16-2-4-17(5-3-16)10-7-18-6-1-9(10)15/h9-10H,1-8,15H2. The van der Waals surface area contributed by atoms with Crippen LogP contribution in [0, 0.1) is 0 Å². The number of halogens is 3. The van der Waals surface area contributed by atoms with Crippen molar-refractivity contribution in [2.45, 2.75) is 24.7 Å². The molecule has 0 radical (unpaired) electrons. The molecule has 18 heavy (non-hydrogen) atoms. The number of rotatable bonds is 2. The van der Waals surface area contributed by atoms with E-state index in [2.05, 4.69) is 4.90 Å². The second-order valence-corrected chi connectivity index (χ2v) is 5.02. The predicted molar refractivity (Wildman–Crippen MR) is 61.3 cm³/mol. The largest absolute Gasteiger partial charge is 0.401 e. The lowest BCUT2D eigenvalue weighted by molar-refractivity contribution is -0.150. The Labute approximate surface area is 105 Å². The maximum absolute atomic E-state index is 12.3. The molecule has 2 N–H and O–H groups in total. The van der Waals surface area contributed by atoms with Crippen molar-refractivity contribution in [3.8, 4) is 0 Å². The number of nitrogens with two attached hydrogens (primary N) is 1. The Bertz CT molecular complexity index is 267. The maximum Gasteiger partial charge on any atom is 0.401 e. The quantitative estimate of drug-likeness (QED) is 0.780. The molecule has 0 amide bonds. The summed E-state index contributed by atoms with van der Waals surface area (Å²) in [4.78, 5) is 3.61. The van der Waals surface area contributed by atoms with Crippen LogP contribution < -0.4 is 5.73 Å². The number of alkyl halides is 3. The summed E-state index contributed by atoms with van der Waals surface area (Å²) in [6, 6.07) is 0.236.